The summed E-state index contributed by atoms with van der Waals surface area (Å²) in [6, 6.07) is 11.7. The Hall–Kier alpha value is -1.04. The molecule has 0 aliphatic carbocycles. The Labute approximate surface area is 84.8 Å². The van der Waals surface area contributed by atoms with Crippen molar-refractivity contribution in [2.24, 2.45) is 5.73 Å². The van der Waals surface area contributed by atoms with Gasteiger partial charge in [-0.25, -0.2) is 0 Å². The third kappa shape index (κ3) is 4.51. The maximum absolute atomic E-state index is 8.44. The lowest BCUT2D eigenvalue weighted by atomic mass is 10.1. The second-order valence-corrected chi connectivity index (χ2v) is 2.76. The van der Waals surface area contributed by atoms with Crippen molar-refractivity contribution in [2.45, 2.75) is 18.9 Å². The van der Waals surface area contributed by atoms with Crippen molar-refractivity contribution in [3.63, 3.8) is 0 Å². The van der Waals surface area contributed by atoms with Gasteiger partial charge in [0, 0.05) is 0 Å². The van der Waals surface area contributed by atoms with Crippen molar-refractivity contribution in [3.8, 4) is 6.07 Å². The lowest BCUT2D eigenvalue weighted by Gasteiger charge is -2.01. The van der Waals surface area contributed by atoms with Crippen molar-refractivity contribution in [3.05, 3.63) is 35.9 Å². The topological polar surface area (TPSA) is 49.8 Å². The molecule has 0 bridgehead atoms. The molecular weight excluding hydrogens is 184 g/mol. The van der Waals surface area contributed by atoms with E-state index in [9.17, 15) is 0 Å². The Morgan fingerprint density at radius 2 is 1.92 bits per heavy atom. The molecule has 0 spiro atoms. The molecule has 0 radical (unpaired) electrons. The van der Waals surface area contributed by atoms with Gasteiger partial charge in [-0.1, -0.05) is 30.3 Å². The first-order valence-corrected chi connectivity index (χ1v) is 4.02. The van der Waals surface area contributed by atoms with Crippen molar-refractivity contribution in [1.29, 1.82) is 5.26 Å². The minimum Gasteiger partial charge on any atom is -0.316 e. The summed E-state index contributed by atoms with van der Waals surface area (Å²) in [7, 11) is 0. The molecule has 0 unspecified atom stereocenters. The Morgan fingerprint density at radius 1 is 1.31 bits per heavy atom. The lowest BCUT2D eigenvalue weighted by molar-refractivity contribution is 0.731. The van der Waals surface area contributed by atoms with E-state index < -0.39 is 0 Å². The Balaban J connectivity index is 0.00000144. The molecule has 0 aliphatic heterocycles. The van der Waals surface area contributed by atoms with Crippen LogP contribution < -0.4 is 5.73 Å². The van der Waals surface area contributed by atoms with Gasteiger partial charge in [0.05, 0.1) is 12.1 Å². The third-order valence-electron chi connectivity index (χ3n) is 1.75. The summed E-state index contributed by atoms with van der Waals surface area (Å²) >= 11 is 0. The smallest absolute Gasteiger partial charge is 0.0931 e. The highest BCUT2D eigenvalue weighted by molar-refractivity contribution is 5.85. The van der Waals surface area contributed by atoms with E-state index in [2.05, 4.69) is 0 Å². The van der Waals surface area contributed by atoms with Gasteiger partial charge >= 0.3 is 0 Å². The number of nitrogens with two attached hydrogens (primary N) is 1. The zero-order valence-corrected chi connectivity index (χ0v) is 8.13. The van der Waals surface area contributed by atoms with Gasteiger partial charge < -0.3 is 5.73 Å². The molecular formula is C10H13ClN2. The van der Waals surface area contributed by atoms with Crippen LogP contribution in [0.4, 0.5) is 0 Å². The van der Waals surface area contributed by atoms with E-state index in [4.69, 9.17) is 11.0 Å². The molecule has 1 aromatic carbocycles. The Morgan fingerprint density at radius 3 is 2.46 bits per heavy atom. The number of nitrogens with zero attached hydrogens (tertiary/aromatic N) is 1. The highest BCUT2D eigenvalue weighted by atomic mass is 35.5. The third-order valence-corrected chi connectivity index (χ3v) is 1.75. The molecule has 0 amide bonds. The summed E-state index contributed by atoms with van der Waals surface area (Å²) in [4.78, 5) is 0. The average molecular weight is 197 g/mol. The van der Waals surface area contributed by atoms with Crippen molar-refractivity contribution in [2.75, 3.05) is 0 Å². The molecule has 1 atom stereocenters. The number of halogens is 1. The molecule has 0 fully saturated rings. The molecule has 1 rings (SSSR count). The van der Waals surface area contributed by atoms with E-state index in [0.29, 0.717) is 0 Å². The minimum absolute atomic E-state index is 0. The van der Waals surface area contributed by atoms with Crippen LogP contribution >= 0.6 is 12.4 Å². The maximum atomic E-state index is 8.44. The first kappa shape index (κ1) is 12.0. The van der Waals surface area contributed by atoms with Crippen molar-refractivity contribution in [1.82, 2.24) is 0 Å². The fraction of sp³-hybridized carbons (Fsp3) is 0.300. The standard InChI is InChI=1S/C10H12N2.ClH/c11-8-10(12)7-6-9-4-2-1-3-5-9;/h1-5,10H,6-7,12H2;1H/t10-;/m1./s1. The molecule has 0 aliphatic rings. The normalized spacial score (nSPS) is 11.1. The van der Waals surface area contributed by atoms with Crippen molar-refractivity contribution >= 4 is 12.4 Å². The Kier molecular flexibility index (Phi) is 5.96. The van der Waals surface area contributed by atoms with Crippen LogP contribution in [0.5, 0.6) is 0 Å². The van der Waals surface area contributed by atoms with Gasteiger partial charge in [0.25, 0.3) is 0 Å². The second-order valence-electron chi connectivity index (χ2n) is 2.76. The zero-order chi connectivity index (χ0) is 8.81. The van der Waals surface area contributed by atoms with Gasteiger partial charge in [-0.15, -0.1) is 12.4 Å². The largest absolute Gasteiger partial charge is 0.316 e. The highest BCUT2D eigenvalue weighted by Crippen LogP contribution is 2.03. The fourth-order valence-electron chi connectivity index (χ4n) is 1.03. The second kappa shape index (κ2) is 6.47. The summed E-state index contributed by atoms with van der Waals surface area (Å²) in [5, 5.41) is 8.44. The van der Waals surface area contributed by atoms with Gasteiger partial charge in [-0.3, -0.25) is 0 Å². The molecule has 70 valence electrons. The maximum Gasteiger partial charge on any atom is 0.0931 e. The summed E-state index contributed by atoms with van der Waals surface area (Å²) in [6.45, 7) is 0. The highest BCUT2D eigenvalue weighted by Gasteiger charge is 1.99. The van der Waals surface area contributed by atoms with E-state index in [0.717, 1.165) is 12.8 Å². The molecule has 13 heavy (non-hydrogen) atoms. The minimum atomic E-state index is -0.329. The molecule has 0 saturated heterocycles. The van der Waals surface area contributed by atoms with Gasteiger partial charge in [0.2, 0.25) is 0 Å². The summed E-state index contributed by atoms with van der Waals surface area (Å²) in [5.74, 6) is 0. The number of hydrogen-bond donors (Lipinski definition) is 1. The van der Waals surface area contributed by atoms with Crippen LogP contribution in [-0.2, 0) is 6.42 Å². The van der Waals surface area contributed by atoms with Crippen LogP contribution in [-0.4, -0.2) is 6.04 Å². The van der Waals surface area contributed by atoms with Crippen LogP contribution in [0.1, 0.15) is 12.0 Å². The van der Waals surface area contributed by atoms with Gasteiger partial charge in [-0.05, 0) is 18.4 Å². The molecule has 0 aromatic heterocycles. The molecule has 1 aromatic rings. The lowest BCUT2D eigenvalue weighted by Crippen LogP contribution is -2.17. The number of nitriles is 1. The van der Waals surface area contributed by atoms with E-state index in [1.54, 1.807) is 0 Å². The van der Waals surface area contributed by atoms with Crippen LogP contribution in [0.25, 0.3) is 0 Å². The predicted octanol–water partition coefficient (Wildman–Crippen LogP) is 1.89. The Bertz CT molecular complexity index is 266. The van der Waals surface area contributed by atoms with Crippen LogP contribution in [0.3, 0.4) is 0 Å². The van der Waals surface area contributed by atoms with Gasteiger partial charge in [0.1, 0.15) is 0 Å². The van der Waals surface area contributed by atoms with E-state index >= 15 is 0 Å². The van der Waals surface area contributed by atoms with Crippen LogP contribution in [0, 0.1) is 11.3 Å². The van der Waals surface area contributed by atoms with Crippen LogP contribution in [0.15, 0.2) is 30.3 Å². The molecule has 0 heterocycles. The first-order valence-electron chi connectivity index (χ1n) is 4.02. The number of benzene rings is 1. The van der Waals surface area contributed by atoms with E-state index in [-0.39, 0.29) is 18.4 Å². The van der Waals surface area contributed by atoms with E-state index in [1.807, 2.05) is 36.4 Å². The van der Waals surface area contributed by atoms with Crippen molar-refractivity contribution < 1.29 is 0 Å². The molecule has 3 heteroatoms. The molecule has 2 nitrogen and oxygen atoms in total. The van der Waals surface area contributed by atoms with E-state index in [1.165, 1.54) is 5.56 Å². The summed E-state index contributed by atoms with van der Waals surface area (Å²) in [5.41, 5.74) is 6.70. The monoisotopic (exact) mass is 196 g/mol. The summed E-state index contributed by atoms with van der Waals surface area (Å²) in [6.07, 6.45) is 1.62. The predicted molar refractivity (Wildman–Crippen MR) is 55.6 cm³/mol. The average Bonchev–Trinajstić information content (AvgIpc) is 2.16. The molecule has 2 N–H and O–H groups in total. The zero-order valence-electron chi connectivity index (χ0n) is 7.31. The quantitative estimate of drug-likeness (QED) is 0.803. The SMILES string of the molecule is Cl.N#C[C@H](N)CCc1ccccc1. The molecule has 0 saturated carbocycles. The number of hydrogen-bond acceptors (Lipinski definition) is 2. The summed E-state index contributed by atoms with van der Waals surface area (Å²) < 4.78 is 0. The fourth-order valence-corrected chi connectivity index (χ4v) is 1.03. The van der Waals surface area contributed by atoms with Gasteiger partial charge in [-0.2, -0.15) is 5.26 Å². The number of aryl methyl sites for hydroxylation is 1. The number of rotatable bonds is 3. The van der Waals surface area contributed by atoms with Crippen LogP contribution in [0.2, 0.25) is 0 Å². The van der Waals surface area contributed by atoms with Gasteiger partial charge in [0.15, 0.2) is 0 Å². The first-order chi connectivity index (χ1) is 5.83.